The van der Waals surface area contributed by atoms with Gasteiger partial charge in [-0.1, -0.05) is 6.07 Å². The van der Waals surface area contributed by atoms with E-state index in [0.717, 1.165) is 24.4 Å². The van der Waals surface area contributed by atoms with Crippen LogP contribution in [0, 0.1) is 5.82 Å². The molecule has 0 atom stereocenters. The highest BCUT2D eigenvalue weighted by atomic mass is 19.1. The van der Waals surface area contributed by atoms with Crippen LogP contribution in [0.15, 0.2) is 35.7 Å². The Hall–Kier alpha value is -2.54. The third-order valence-corrected chi connectivity index (χ3v) is 3.37. The molecular formula is C15H16FN5O. The fourth-order valence-corrected chi connectivity index (χ4v) is 2.22. The average molecular weight is 301 g/mol. The standard InChI is InChI=1S/C15H16FN5O/c1-22-7-6-21-5-4-17-14(9-21)11-2-3-12(13(16)8-11)15-18-10-19-20-15/h2-4,8-10H,5-7H2,1H3,(H,18,19,20). The van der Waals surface area contributed by atoms with Gasteiger partial charge >= 0.3 is 0 Å². The van der Waals surface area contributed by atoms with E-state index < -0.39 is 0 Å². The third kappa shape index (κ3) is 3.04. The molecule has 1 N–H and O–H groups in total. The third-order valence-electron chi connectivity index (χ3n) is 3.37. The van der Waals surface area contributed by atoms with Gasteiger partial charge in [0, 0.05) is 31.6 Å². The van der Waals surface area contributed by atoms with Gasteiger partial charge in [0.05, 0.1) is 24.4 Å². The molecule has 0 fully saturated rings. The smallest absolute Gasteiger partial charge is 0.158 e. The van der Waals surface area contributed by atoms with E-state index in [9.17, 15) is 4.39 Å². The first-order chi connectivity index (χ1) is 10.8. The summed E-state index contributed by atoms with van der Waals surface area (Å²) < 4.78 is 19.3. The SMILES string of the molecule is COCCN1C=C(c2ccc(-c3ncn[nH]3)c(F)c2)N=CC1. The van der Waals surface area contributed by atoms with Crippen LogP contribution in [0.1, 0.15) is 5.56 Å². The van der Waals surface area contributed by atoms with E-state index in [2.05, 4.69) is 25.1 Å². The van der Waals surface area contributed by atoms with E-state index in [1.807, 2.05) is 18.5 Å². The Labute approximate surface area is 127 Å². The van der Waals surface area contributed by atoms with Crippen LogP contribution in [-0.2, 0) is 4.74 Å². The molecule has 0 aliphatic carbocycles. The van der Waals surface area contributed by atoms with Crippen molar-refractivity contribution in [3.05, 3.63) is 42.1 Å². The number of rotatable bonds is 5. The minimum atomic E-state index is -0.362. The Morgan fingerprint density at radius 2 is 2.32 bits per heavy atom. The lowest BCUT2D eigenvalue weighted by Gasteiger charge is -2.22. The number of hydrogen-bond acceptors (Lipinski definition) is 5. The number of nitrogens with zero attached hydrogens (tertiary/aromatic N) is 4. The van der Waals surface area contributed by atoms with Gasteiger partial charge in [0.15, 0.2) is 5.82 Å². The largest absolute Gasteiger partial charge is 0.383 e. The Morgan fingerprint density at radius 3 is 3.05 bits per heavy atom. The van der Waals surface area contributed by atoms with Crippen molar-refractivity contribution >= 4 is 11.9 Å². The van der Waals surface area contributed by atoms with Gasteiger partial charge in [0.25, 0.3) is 0 Å². The number of nitrogens with one attached hydrogen (secondary N) is 1. The van der Waals surface area contributed by atoms with Crippen LogP contribution in [-0.4, -0.2) is 53.1 Å². The van der Waals surface area contributed by atoms with Crippen molar-refractivity contribution < 1.29 is 9.13 Å². The Balaban J connectivity index is 1.84. The summed E-state index contributed by atoms with van der Waals surface area (Å²) in [6.45, 7) is 2.13. The molecule has 2 heterocycles. The number of methoxy groups -OCH3 is 1. The van der Waals surface area contributed by atoms with E-state index in [1.54, 1.807) is 13.2 Å². The van der Waals surface area contributed by atoms with E-state index in [0.29, 0.717) is 18.0 Å². The van der Waals surface area contributed by atoms with E-state index in [4.69, 9.17) is 4.74 Å². The average Bonchev–Trinajstić information content (AvgIpc) is 3.07. The summed E-state index contributed by atoms with van der Waals surface area (Å²) in [6.07, 6.45) is 5.08. The molecule has 1 aliphatic heterocycles. The van der Waals surface area contributed by atoms with Crippen molar-refractivity contribution in [1.29, 1.82) is 0 Å². The van der Waals surface area contributed by atoms with Crippen LogP contribution in [0.5, 0.6) is 0 Å². The molecule has 3 rings (SSSR count). The maximum atomic E-state index is 14.3. The molecule has 0 unspecified atom stereocenters. The second-order valence-corrected chi connectivity index (χ2v) is 4.84. The molecule has 1 aliphatic rings. The second-order valence-electron chi connectivity index (χ2n) is 4.84. The summed E-state index contributed by atoms with van der Waals surface area (Å²) in [7, 11) is 1.67. The van der Waals surface area contributed by atoms with Crippen molar-refractivity contribution in [3.63, 3.8) is 0 Å². The number of benzene rings is 1. The molecule has 0 bridgehead atoms. The van der Waals surface area contributed by atoms with Crippen LogP contribution >= 0.6 is 0 Å². The summed E-state index contributed by atoms with van der Waals surface area (Å²) in [4.78, 5) is 10.4. The van der Waals surface area contributed by atoms with Crippen molar-refractivity contribution in [2.75, 3.05) is 26.8 Å². The maximum Gasteiger partial charge on any atom is 0.158 e. The molecule has 0 amide bonds. The highest BCUT2D eigenvalue weighted by Gasteiger charge is 2.13. The molecule has 6 nitrogen and oxygen atoms in total. The molecule has 0 saturated carbocycles. The van der Waals surface area contributed by atoms with Crippen LogP contribution in [0.2, 0.25) is 0 Å². The quantitative estimate of drug-likeness (QED) is 0.916. The summed E-state index contributed by atoms with van der Waals surface area (Å²) in [5.41, 5.74) is 1.84. The first kappa shape index (κ1) is 14.4. The van der Waals surface area contributed by atoms with Gasteiger partial charge in [-0.3, -0.25) is 10.1 Å². The van der Waals surface area contributed by atoms with E-state index >= 15 is 0 Å². The molecule has 1 aromatic heterocycles. The highest BCUT2D eigenvalue weighted by Crippen LogP contribution is 2.25. The molecular weight excluding hydrogens is 285 g/mol. The topological polar surface area (TPSA) is 66.4 Å². The van der Waals surface area contributed by atoms with Crippen LogP contribution in [0.25, 0.3) is 17.1 Å². The normalized spacial score (nSPS) is 14.3. The number of aliphatic imine (C=N–C) groups is 1. The van der Waals surface area contributed by atoms with E-state index in [1.165, 1.54) is 12.4 Å². The summed E-state index contributed by atoms with van der Waals surface area (Å²) in [5.74, 6) is 0.0475. The lowest BCUT2D eigenvalue weighted by atomic mass is 10.1. The highest BCUT2D eigenvalue weighted by molar-refractivity contribution is 5.77. The number of aromatic nitrogens is 3. The zero-order valence-electron chi connectivity index (χ0n) is 12.2. The number of ether oxygens (including phenoxy) is 1. The molecule has 2 aromatic rings. The van der Waals surface area contributed by atoms with Gasteiger partial charge in [-0.15, -0.1) is 0 Å². The molecule has 1 aromatic carbocycles. The molecule has 22 heavy (non-hydrogen) atoms. The predicted octanol–water partition coefficient (Wildman–Crippen LogP) is 1.94. The van der Waals surface area contributed by atoms with Gasteiger partial charge in [0.2, 0.25) is 0 Å². The van der Waals surface area contributed by atoms with Gasteiger partial charge in [-0.05, 0) is 12.1 Å². The summed E-state index contributed by atoms with van der Waals surface area (Å²) >= 11 is 0. The molecule has 0 radical (unpaired) electrons. The molecule has 0 spiro atoms. The summed E-state index contributed by atoms with van der Waals surface area (Å²) in [5, 5.41) is 6.39. The number of halogens is 1. The van der Waals surface area contributed by atoms with Gasteiger partial charge in [-0.2, -0.15) is 5.10 Å². The van der Waals surface area contributed by atoms with E-state index in [-0.39, 0.29) is 5.82 Å². The number of hydrogen-bond donors (Lipinski definition) is 1. The van der Waals surface area contributed by atoms with Crippen molar-refractivity contribution in [3.8, 4) is 11.4 Å². The lowest BCUT2D eigenvalue weighted by Crippen LogP contribution is -2.26. The fraction of sp³-hybridized carbons (Fsp3) is 0.267. The molecule has 7 heteroatoms. The predicted molar refractivity (Wildman–Crippen MR) is 81.7 cm³/mol. The zero-order valence-corrected chi connectivity index (χ0v) is 12.2. The number of aromatic amines is 1. The monoisotopic (exact) mass is 301 g/mol. The van der Waals surface area contributed by atoms with Crippen molar-refractivity contribution in [2.24, 2.45) is 4.99 Å². The zero-order chi connectivity index (χ0) is 15.4. The molecule has 114 valence electrons. The number of H-pyrrole nitrogens is 1. The minimum absolute atomic E-state index is 0.362. The maximum absolute atomic E-state index is 14.3. The second kappa shape index (κ2) is 6.48. The van der Waals surface area contributed by atoms with Crippen LogP contribution in [0.3, 0.4) is 0 Å². The first-order valence-electron chi connectivity index (χ1n) is 6.91. The Morgan fingerprint density at radius 1 is 1.41 bits per heavy atom. The van der Waals surface area contributed by atoms with Gasteiger partial charge in [-0.25, -0.2) is 9.37 Å². The fourth-order valence-electron chi connectivity index (χ4n) is 2.22. The molecule has 0 saturated heterocycles. The van der Waals surface area contributed by atoms with Crippen molar-refractivity contribution in [1.82, 2.24) is 20.1 Å². The lowest BCUT2D eigenvalue weighted by molar-refractivity contribution is 0.175. The van der Waals surface area contributed by atoms with Crippen molar-refractivity contribution in [2.45, 2.75) is 0 Å². The van der Waals surface area contributed by atoms with Crippen LogP contribution in [0.4, 0.5) is 4.39 Å². The van der Waals surface area contributed by atoms with Gasteiger partial charge < -0.3 is 9.64 Å². The van der Waals surface area contributed by atoms with Gasteiger partial charge in [0.1, 0.15) is 12.1 Å². The Bertz CT molecular complexity index is 696. The summed E-state index contributed by atoms with van der Waals surface area (Å²) in [6, 6.07) is 4.96. The van der Waals surface area contributed by atoms with Crippen LogP contribution < -0.4 is 0 Å². The Kier molecular flexibility index (Phi) is 4.24. The first-order valence-corrected chi connectivity index (χ1v) is 6.91. The minimum Gasteiger partial charge on any atom is -0.383 e.